The molecule has 0 aliphatic rings. The quantitative estimate of drug-likeness (QED) is 0.284. The minimum atomic E-state index is -0.681. The smallest absolute Gasteiger partial charge is 0.341 e. The van der Waals surface area contributed by atoms with Crippen molar-refractivity contribution in [3.05, 3.63) is 69.3 Å². The van der Waals surface area contributed by atoms with Crippen molar-refractivity contribution in [3.8, 4) is 17.4 Å². The topological polar surface area (TPSA) is 119 Å². The maximum atomic E-state index is 12.8. The van der Waals surface area contributed by atoms with Crippen LogP contribution in [0.25, 0.3) is 17.4 Å². The number of nitrogens with zero attached hydrogens (tertiary/aromatic N) is 1. The lowest BCUT2D eigenvalue weighted by Gasteiger charge is -2.06. The predicted molar refractivity (Wildman–Crippen MR) is 127 cm³/mol. The second kappa shape index (κ2) is 10.6. The van der Waals surface area contributed by atoms with Crippen LogP contribution in [-0.4, -0.2) is 31.6 Å². The highest BCUT2D eigenvalue weighted by Crippen LogP contribution is 2.33. The Morgan fingerprint density at radius 1 is 1.18 bits per heavy atom. The van der Waals surface area contributed by atoms with Crippen molar-refractivity contribution in [2.75, 3.05) is 19.0 Å². The van der Waals surface area contributed by atoms with Crippen LogP contribution in [0.1, 0.15) is 43.8 Å². The Hall–Kier alpha value is -4.16. The Balaban J connectivity index is 1.85. The number of esters is 2. The number of hydrogen-bond donors (Lipinski definition) is 1. The largest absolute Gasteiger partial charge is 0.465 e. The molecular formula is C25H22N2O6S. The zero-order valence-corrected chi connectivity index (χ0v) is 19.9. The number of rotatable bonds is 7. The van der Waals surface area contributed by atoms with E-state index in [2.05, 4.69) is 5.32 Å². The first-order valence-corrected chi connectivity index (χ1v) is 11.1. The number of amides is 1. The average Bonchev–Trinajstić information content (AvgIpc) is 3.41. The number of ether oxygens (including phenoxy) is 2. The van der Waals surface area contributed by atoms with Gasteiger partial charge in [0.25, 0.3) is 5.91 Å². The summed E-state index contributed by atoms with van der Waals surface area (Å²) in [6, 6.07) is 11.8. The molecule has 0 fully saturated rings. The van der Waals surface area contributed by atoms with E-state index in [1.54, 1.807) is 50.2 Å². The molecule has 1 aromatic carbocycles. The minimum absolute atomic E-state index is 0.202. The van der Waals surface area contributed by atoms with Gasteiger partial charge < -0.3 is 19.2 Å². The third-order valence-corrected chi connectivity index (χ3v) is 6.06. The molecule has 0 unspecified atom stereocenters. The van der Waals surface area contributed by atoms with Crippen molar-refractivity contribution in [2.45, 2.75) is 20.8 Å². The molecule has 3 rings (SSSR count). The van der Waals surface area contributed by atoms with Crippen LogP contribution in [0.4, 0.5) is 5.00 Å². The highest BCUT2D eigenvalue weighted by molar-refractivity contribution is 7.16. The Labute approximate surface area is 200 Å². The monoisotopic (exact) mass is 478 g/mol. The van der Waals surface area contributed by atoms with Gasteiger partial charge >= 0.3 is 11.9 Å². The lowest BCUT2D eigenvalue weighted by Crippen LogP contribution is -2.16. The van der Waals surface area contributed by atoms with Crippen molar-refractivity contribution in [1.82, 2.24) is 0 Å². The summed E-state index contributed by atoms with van der Waals surface area (Å²) in [4.78, 5) is 37.8. The molecule has 3 aromatic rings. The summed E-state index contributed by atoms with van der Waals surface area (Å²) in [7, 11) is 1.30. The fourth-order valence-electron chi connectivity index (χ4n) is 3.13. The predicted octanol–water partition coefficient (Wildman–Crippen LogP) is 5.13. The van der Waals surface area contributed by atoms with E-state index in [-0.39, 0.29) is 23.5 Å². The maximum Gasteiger partial charge on any atom is 0.341 e. The van der Waals surface area contributed by atoms with Gasteiger partial charge in [-0.3, -0.25) is 4.79 Å². The number of nitrogens with one attached hydrogen (secondary N) is 1. The molecule has 0 aliphatic heterocycles. The molecule has 0 saturated carbocycles. The molecular weight excluding hydrogens is 456 g/mol. The Kier molecular flexibility index (Phi) is 7.66. The first-order valence-electron chi connectivity index (χ1n) is 10.3. The van der Waals surface area contributed by atoms with Crippen LogP contribution < -0.4 is 5.32 Å². The van der Waals surface area contributed by atoms with E-state index >= 15 is 0 Å². The van der Waals surface area contributed by atoms with Crippen molar-refractivity contribution in [1.29, 1.82) is 5.26 Å². The Morgan fingerprint density at radius 2 is 1.94 bits per heavy atom. The first-order chi connectivity index (χ1) is 16.3. The van der Waals surface area contributed by atoms with Crippen LogP contribution in [0, 0.1) is 25.2 Å². The van der Waals surface area contributed by atoms with E-state index in [1.807, 2.05) is 13.0 Å². The molecule has 174 valence electrons. The van der Waals surface area contributed by atoms with Gasteiger partial charge in [-0.25, -0.2) is 9.59 Å². The van der Waals surface area contributed by atoms with Crippen LogP contribution in [-0.2, 0) is 14.3 Å². The van der Waals surface area contributed by atoms with E-state index < -0.39 is 17.8 Å². The summed E-state index contributed by atoms with van der Waals surface area (Å²) in [5.41, 5.74) is 1.79. The molecule has 2 heterocycles. The number of furan rings is 1. The highest BCUT2D eigenvalue weighted by atomic mass is 32.1. The maximum absolute atomic E-state index is 12.8. The second-order valence-electron chi connectivity index (χ2n) is 7.11. The standard InChI is InChI=1S/C25H22N2O6S/c1-5-32-25(30)21-14(2)15(3)34-23(21)27-22(28)18(13-26)12-19-9-10-20(33-19)16-7-6-8-17(11-16)24(29)31-4/h6-12H,5H2,1-4H3,(H,27,28)/b18-12+. The summed E-state index contributed by atoms with van der Waals surface area (Å²) < 4.78 is 15.6. The third kappa shape index (κ3) is 5.24. The molecule has 0 saturated heterocycles. The van der Waals surface area contributed by atoms with Crippen LogP contribution >= 0.6 is 11.3 Å². The van der Waals surface area contributed by atoms with E-state index in [9.17, 15) is 19.6 Å². The van der Waals surface area contributed by atoms with Gasteiger partial charge in [0.2, 0.25) is 0 Å². The summed E-state index contributed by atoms with van der Waals surface area (Å²) in [5.74, 6) is -0.969. The second-order valence-corrected chi connectivity index (χ2v) is 8.33. The van der Waals surface area contributed by atoms with Crippen LogP contribution in [0.15, 0.2) is 46.4 Å². The van der Waals surface area contributed by atoms with Crippen molar-refractivity contribution >= 4 is 40.3 Å². The molecule has 8 nitrogen and oxygen atoms in total. The van der Waals surface area contributed by atoms with Gasteiger partial charge in [0.15, 0.2) is 0 Å². The fraction of sp³-hybridized carbons (Fsp3) is 0.200. The molecule has 34 heavy (non-hydrogen) atoms. The molecule has 0 bridgehead atoms. The molecule has 9 heteroatoms. The van der Waals surface area contributed by atoms with Gasteiger partial charge in [-0.15, -0.1) is 11.3 Å². The summed E-state index contributed by atoms with van der Waals surface area (Å²) in [6.07, 6.45) is 1.31. The number of aryl methyl sites for hydroxylation is 1. The number of anilines is 1. The number of carbonyl (C=O) groups is 3. The Morgan fingerprint density at radius 3 is 2.62 bits per heavy atom. The number of carbonyl (C=O) groups excluding carboxylic acids is 3. The van der Waals surface area contributed by atoms with E-state index in [0.29, 0.717) is 27.5 Å². The molecule has 0 radical (unpaired) electrons. The normalized spacial score (nSPS) is 11.0. The van der Waals surface area contributed by atoms with Crippen LogP contribution in [0.5, 0.6) is 0 Å². The van der Waals surface area contributed by atoms with Gasteiger partial charge in [-0.2, -0.15) is 5.26 Å². The van der Waals surface area contributed by atoms with Gasteiger partial charge in [0.05, 0.1) is 24.8 Å². The van der Waals surface area contributed by atoms with E-state index in [0.717, 1.165) is 4.88 Å². The molecule has 0 spiro atoms. The van der Waals surface area contributed by atoms with Crippen molar-refractivity contribution < 1.29 is 28.3 Å². The van der Waals surface area contributed by atoms with Gasteiger partial charge in [0, 0.05) is 16.5 Å². The summed E-state index contributed by atoms with van der Waals surface area (Å²) in [6.45, 7) is 5.51. The SMILES string of the molecule is CCOC(=O)c1c(NC(=O)/C(C#N)=C/c2ccc(-c3cccc(C(=O)OC)c3)o2)sc(C)c1C. The van der Waals surface area contributed by atoms with Crippen molar-refractivity contribution in [2.24, 2.45) is 0 Å². The zero-order chi connectivity index (χ0) is 24.8. The van der Waals surface area contributed by atoms with Gasteiger partial charge in [-0.1, -0.05) is 12.1 Å². The Bertz CT molecular complexity index is 1330. The minimum Gasteiger partial charge on any atom is -0.465 e. The van der Waals surface area contributed by atoms with Crippen molar-refractivity contribution in [3.63, 3.8) is 0 Å². The summed E-state index contributed by atoms with van der Waals surface area (Å²) >= 11 is 1.23. The molecule has 1 amide bonds. The third-order valence-electron chi connectivity index (χ3n) is 4.94. The molecule has 0 aliphatic carbocycles. The summed E-state index contributed by atoms with van der Waals surface area (Å²) in [5, 5.41) is 12.5. The van der Waals surface area contributed by atoms with E-state index in [1.165, 1.54) is 24.5 Å². The van der Waals surface area contributed by atoms with Gasteiger partial charge in [-0.05, 0) is 50.6 Å². The zero-order valence-electron chi connectivity index (χ0n) is 19.1. The number of nitriles is 1. The molecule has 2 aromatic heterocycles. The first kappa shape index (κ1) is 24.5. The molecule has 1 N–H and O–H groups in total. The lowest BCUT2D eigenvalue weighted by molar-refractivity contribution is -0.112. The number of benzene rings is 1. The van der Waals surface area contributed by atoms with Crippen LogP contribution in [0.3, 0.4) is 0 Å². The average molecular weight is 479 g/mol. The number of thiophene rings is 1. The lowest BCUT2D eigenvalue weighted by atomic mass is 10.1. The van der Waals surface area contributed by atoms with E-state index in [4.69, 9.17) is 13.9 Å². The fourth-order valence-corrected chi connectivity index (χ4v) is 4.17. The number of methoxy groups -OCH3 is 1. The van der Waals surface area contributed by atoms with Crippen LogP contribution in [0.2, 0.25) is 0 Å². The molecule has 0 atom stereocenters. The highest BCUT2D eigenvalue weighted by Gasteiger charge is 2.23. The van der Waals surface area contributed by atoms with Gasteiger partial charge in [0.1, 0.15) is 28.2 Å². The number of hydrogen-bond acceptors (Lipinski definition) is 8.